The Bertz CT molecular complexity index is 1070. The third kappa shape index (κ3) is 6.94. The Labute approximate surface area is 197 Å². The second-order valence-electron chi connectivity index (χ2n) is 8.47. The summed E-state index contributed by atoms with van der Waals surface area (Å²) in [5, 5.41) is 7.49. The van der Waals surface area contributed by atoms with Gasteiger partial charge < -0.3 is 24.8 Å². The van der Waals surface area contributed by atoms with Gasteiger partial charge in [-0.05, 0) is 63.8 Å². The molecule has 0 atom stereocenters. The van der Waals surface area contributed by atoms with E-state index in [2.05, 4.69) is 65.4 Å². The molecular formula is C27H36N4O2. The largest absolute Gasteiger partial charge is 0.497 e. The van der Waals surface area contributed by atoms with Crippen LogP contribution in [0.5, 0.6) is 5.75 Å². The van der Waals surface area contributed by atoms with Crippen LogP contribution in [-0.2, 0) is 17.9 Å². The minimum absolute atomic E-state index is 0.0786. The minimum atomic E-state index is -0.0786. The van der Waals surface area contributed by atoms with Gasteiger partial charge >= 0.3 is 0 Å². The predicted molar refractivity (Wildman–Crippen MR) is 137 cm³/mol. The topological polar surface area (TPSA) is 58.5 Å². The van der Waals surface area contributed by atoms with Crippen molar-refractivity contribution in [3.05, 3.63) is 71.4 Å². The summed E-state index contributed by atoms with van der Waals surface area (Å²) in [5.74, 6) is 0.773. The van der Waals surface area contributed by atoms with Gasteiger partial charge in [0.05, 0.1) is 7.11 Å². The molecule has 1 amide bonds. The number of aromatic nitrogens is 1. The number of hydrogen-bond donors (Lipinski definition) is 2. The molecule has 2 aromatic carbocycles. The number of rotatable bonds is 12. The van der Waals surface area contributed by atoms with E-state index in [1.807, 2.05) is 30.3 Å². The number of fused-ring (bicyclic) bond motifs is 1. The number of methoxy groups -OCH3 is 1. The molecule has 1 aromatic heterocycles. The molecule has 0 saturated heterocycles. The number of amides is 1. The molecule has 0 fully saturated rings. The molecule has 0 aliphatic heterocycles. The van der Waals surface area contributed by atoms with Crippen molar-refractivity contribution >= 4 is 22.9 Å². The first-order valence-corrected chi connectivity index (χ1v) is 11.5. The quantitative estimate of drug-likeness (QED) is 0.327. The van der Waals surface area contributed by atoms with Gasteiger partial charge in [-0.25, -0.2) is 0 Å². The zero-order valence-electron chi connectivity index (χ0n) is 20.2. The van der Waals surface area contributed by atoms with Gasteiger partial charge in [0.1, 0.15) is 5.75 Å². The molecule has 1 heterocycles. The molecular weight excluding hydrogens is 412 g/mol. The molecule has 0 aliphatic carbocycles. The normalized spacial score (nSPS) is 11.5. The Morgan fingerprint density at radius 2 is 1.85 bits per heavy atom. The summed E-state index contributed by atoms with van der Waals surface area (Å²) in [7, 11) is 5.86. The first-order chi connectivity index (χ1) is 16.0. The molecule has 6 heteroatoms. The lowest BCUT2D eigenvalue weighted by Crippen LogP contribution is -2.30. The molecule has 3 aromatic rings. The fourth-order valence-corrected chi connectivity index (χ4v) is 3.97. The standard InChI is InChI=1S/C27H36N4O2/c1-21-24(25-8-5-6-9-26(25)31(21)19-7-18-30(2)3)14-15-27(32)29-17-16-28-20-22-10-12-23(33-4)13-11-22/h5-6,8-15,28H,7,16-20H2,1-4H3,(H,29,32)/b15-14+. The van der Waals surface area contributed by atoms with Crippen LogP contribution < -0.4 is 15.4 Å². The second-order valence-corrected chi connectivity index (χ2v) is 8.47. The highest BCUT2D eigenvalue weighted by Gasteiger charge is 2.12. The summed E-state index contributed by atoms with van der Waals surface area (Å²) in [6, 6.07) is 16.4. The van der Waals surface area contributed by atoms with Gasteiger partial charge in [-0.2, -0.15) is 0 Å². The minimum Gasteiger partial charge on any atom is -0.497 e. The van der Waals surface area contributed by atoms with Gasteiger partial charge in [-0.1, -0.05) is 30.3 Å². The number of nitrogens with zero attached hydrogens (tertiary/aromatic N) is 2. The smallest absolute Gasteiger partial charge is 0.244 e. The van der Waals surface area contributed by atoms with E-state index >= 15 is 0 Å². The molecule has 176 valence electrons. The number of hydrogen-bond acceptors (Lipinski definition) is 4. The van der Waals surface area contributed by atoms with Crippen molar-refractivity contribution in [3.8, 4) is 5.75 Å². The van der Waals surface area contributed by atoms with Gasteiger partial charge in [0.25, 0.3) is 0 Å². The molecule has 0 aliphatic rings. The van der Waals surface area contributed by atoms with Crippen LogP contribution in [0.2, 0.25) is 0 Å². The number of para-hydroxylation sites is 1. The average Bonchev–Trinajstić information content (AvgIpc) is 3.08. The second kappa shape index (κ2) is 12.2. The maximum absolute atomic E-state index is 12.4. The van der Waals surface area contributed by atoms with Crippen LogP contribution >= 0.6 is 0 Å². The molecule has 3 rings (SSSR count). The predicted octanol–water partition coefficient (Wildman–Crippen LogP) is 3.83. The lowest BCUT2D eigenvalue weighted by Gasteiger charge is -2.12. The number of nitrogens with one attached hydrogen (secondary N) is 2. The maximum atomic E-state index is 12.4. The number of aryl methyl sites for hydroxylation is 1. The lowest BCUT2D eigenvalue weighted by atomic mass is 10.1. The molecule has 0 radical (unpaired) electrons. The Morgan fingerprint density at radius 3 is 2.58 bits per heavy atom. The van der Waals surface area contributed by atoms with Crippen molar-refractivity contribution in [3.63, 3.8) is 0 Å². The van der Waals surface area contributed by atoms with E-state index in [1.54, 1.807) is 13.2 Å². The Hall–Kier alpha value is -3.09. The highest BCUT2D eigenvalue weighted by molar-refractivity contribution is 5.97. The number of carbonyl (C=O) groups is 1. The molecule has 2 N–H and O–H groups in total. The van der Waals surface area contributed by atoms with Crippen LogP contribution in [0.4, 0.5) is 0 Å². The summed E-state index contributed by atoms with van der Waals surface area (Å²) in [4.78, 5) is 14.6. The van der Waals surface area contributed by atoms with Gasteiger partial charge in [0, 0.05) is 54.4 Å². The van der Waals surface area contributed by atoms with Crippen LogP contribution in [0, 0.1) is 6.92 Å². The zero-order chi connectivity index (χ0) is 23.6. The number of ether oxygens (including phenoxy) is 1. The Kier molecular flexibility index (Phi) is 9.10. The summed E-state index contributed by atoms with van der Waals surface area (Å²) >= 11 is 0. The van der Waals surface area contributed by atoms with E-state index in [1.165, 1.54) is 22.2 Å². The molecule has 0 saturated carbocycles. The van der Waals surface area contributed by atoms with Crippen LogP contribution in [0.3, 0.4) is 0 Å². The number of carbonyl (C=O) groups excluding carboxylic acids is 1. The SMILES string of the molecule is COc1ccc(CNCCNC(=O)/C=C/c2c(C)n(CCCN(C)C)c3ccccc23)cc1. The fraction of sp³-hybridized carbons (Fsp3) is 0.370. The number of benzene rings is 2. The van der Waals surface area contributed by atoms with Crippen molar-refractivity contribution < 1.29 is 9.53 Å². The molecule has 0 spiro atoms. The van der Waals surface area contributed by atoms with Crippen molar-refractivity contribution in [2.75, 3.05) is 40.8 Å². The van der Waals surface area contributed by atoms with Crippen LogP contribution in [0.1, 0.15) is 23.2 Å². The van der Waals surface area contributed by atoms with Gasteiger partial charge in [0.15, 0.2) is 0 Å². The van der Waals surface area contributed by atoms with Gasteiger partial charge in [0.2, 0.25) is 5.91 Å². The highest BCUT2D eigenvalue weighted by atomic mass is 16.5. The molecule has 0 unspecified atom stereocenters. The van der Waals surface area contributed by atoms with Crippen LogP contribution in [0.15, 0.2) is 54.6 Å². The van der Waals surface area contributed by atoms with Crippen molar-refractivity contribution in [1.29, 1.82) is 0 Å². The summed E-state index contributed by atoms with van der Waals surface area (Å²) in [6.45, 7) is 6.18. The lowest BCUT2D eigenvalue weighted by molar-refractivity contribution is -0.116. The van der Waals surface area contributed by atoms with Crippen molar-refractivity contribution in [1.82, 2.24) is 20.1 Å². The highest BCUT2D eigenvalue weighted by Crippen LogP contribution is 2.27. The Balaban J connectivity index is 1.52. The Morgan fingerprint density at radius 1 is 1.09 bits per heavy atom. The summed E-state index contributed by atoms with van der Waals surface area (Å²) < 4.78 is 7.53. The van der Waals surface area contributed by atoms with Gasteiger partial charge in [-0.3, -0.25) is 4.79 Å². The van der Waals surface area contributed by atoms with E-state index in [4.69, 9.17) is 4.74 Å². The molecule has 33 heavy (non-hydrogen) atoms. The van der Waals surface area contributed by atoms with E-state index in [0.717, 1.165) is 37.4 Å². The van der Waals surface area contributed by atoms with Crippen LogP contribution in [0.25, 0.3) is 17.0 Å². The fourth-order valence-electron chi connectivity index (χ4n) is 3.97. The molecule has 0 bridgehead atoms. The van der Waals surface area contributed by atoms with Crippen LogP contribution in [-0.4, -0.2) is 56.2 Å². The monoisotopic (exact) mass is 448 g/mol. The average molecular weight is 449 g/mol. The van der Waals surface area contributed by atoms with Crippen molar-refractivity contribution in [2.45, 2.75) is 26.4 Å². The molecule has 6 nitrogen and oxygen atoms in total. The zero-order valence-corrected chi connectivity index (χ0v) is 20.2. The van der Waals surface area contributed by atoms with E-state index in [9.17, 15) is 4.79 Å². The third-order valence-corrected chi connectivity index (χ3v) is 5.76. The van der Waals surface area contributed by atoms with E-state index in [-0.39, 0.29) is 5.91 Å². The van der Waals surface area contributed by atoms with Gasteiger partial charge in [-0.15, -0.1) is 0 Å². The van der Waals surface area contributed by atoms with Crippen molar-refractivity contribution in [2.24, 2.45) is 0 Å². The summed E-state index contributed by atoms with van der Waals surface area (Å²) in [5.41, 5.74) is 4.71. The summed E-state index contributed by atoms with van der Waals surface area (Å²) in [6.07, 6.45) is 4.67. The first kappa shape index (κ1) is 24.6. The maximum Gasteiger partial charge on any atom is 0.244 e. The van der Waals surface area contributed by atoms with E-state index < -0.39 is 0 Å². The van der Waals surface area contributed by atoms with E-state index in [0.29, 0.717) is 13.1 Å². The third-order valence-electron chi connectivity index (χ3n) is 5.76. The first-order valence-electron chi connectivity index (χ1n) is 11.5.